The van der Waals surface area contributed by atoms with Crippen LogP contribution in [-0.2, 0) is 29.7 Å². The molecule has 4 rings (SSSR count). The molecule has 2 aromatic heterocycles. The first kappa shape index (κ1) is 32.2. The van der Waals surface area contributed by atoms with Gasteiger partial charge in [0.05, 0.1) is 6.54 Å². The Labute approximate surface area is 255 Å². The number of allylic oxidation sites excluding steroid dienone is 2. The summed E-state index contributed by atoms with van der Waals surface area (Å²) in [5.41, 5.74) is 0.186. The highest BCUT2D eigenvalue weighted by Gasteiger charge is 2.29. The van der Waals surface area contributed by atoms with E-state index in [2.05, 4.69) is 10.6 Å². The van der Waals surface area contributed by atoms with Crippen molar-refractivity contribution in [3.05, 3.63) is 62.3 Å². The third kappa shape index (κ3) is 7.44. The molecule has 1 fully saturated rings. The van der Waals surface area contributed by atoms with Gasteiger partial charge >= 0.3 is 11.8 Å². The Morgan fingerprint density at radius 1 is 1.11 bits per heavy atom. The topological polar surface area (TPSA) is 150 Å². The fourth-order valence-corrected chi connectivity index (χ4v) is 5.15. The van der Waals surface area contributed by atoms with Gasteiger partial charge in [0.2, 0.25) is 11.9 Å². The van der Waals surface area contributed by atoms with Gasteiger partial charge in [-0.1, -0.05) is 23.8 Å². The first-order valence-electron chi connectivity index (χ1n) is 14.6. The second-order valence-corrected chi connectivity index (χ2v) is 12.3. The van der Waals surface area contributed by atoms with E-state index in [-0.39, 0.29) is 28.7 Å². The van der Waals surface area contributed by atoms with Crippen LogP contribution in [0, 0.1) is 0 Å². The summed E-state index contributed by atoms with van der Waals surface area (Å²) in [5.74, 6) is -0.253. The molecule has 13 heteroatoms. The Bertz CT molecular complexity index is 1740. The Hall–Kier alpha value is -4.68. The third-order valence-electron chi connectivity index (χ3n) is 7.13. The van der Waals surface area contributed by atoms with E-state index in [1.807, 2.05) is 24.8 Å². The van der Waals surface area contributed by atoms with Crippen molar-refractivity contribution >= 4 is 40.6 Å². The fraction of sp³-hybridized carbons (Fsp3) is 0.484. The number of imidazole rings is 1. The molecule has 2 N–H and O–H groups in total. The highest BCUT2D eigenvalue weighted by atomic mass is 16.6. The fourth-order valence-electron chi connectivity index (χ4n) is 5.15. The number of ketones is 1. The first-order valence-corrected chi connectivity index (χ1v) is 14.6. The van der Waals surface area contributed by atoms with E-state index in [1.54, 1.807) is 43.5 Å². The third-order valence-corrected chi connectivity index (χ3v) is 7.13. The molecule has 3 aromatic rings. The number of benzene rings is 1. The normalized spacial score (nSPS) is 15.2. The van der Waals surface area contributed by atoms with Crippen LogP contribution in [-0.4, -0.2) is 61.2 Å². The highest BCUT2D eigenvalue weighted by Crippen LogP contribution is 2.24. The smallest absolute Gasteiger partial charge is 0.407 e. The minimum Gasteiger partial charge on any atom is -0.444 e. The second kappa shape index (κ2) is 12.9. The molecule has 1 atom stereocenters. The number of aryl methyl sites for hydroxylation is 1. The van der Waals surface area contributed by atoms with Gasteiger partial charge < -0.3 is 24.8 Å². The molecular formula is C31H41N7O6. The van der Waals surface area contributed by atoms with Crippen molar-refractivity contribution in [1.82, 2.24) is 24.0 Å². The molecule has 1 aliphatic heterocycles. The van der Waals surface area contributed by atoms with Gasteiger partial charge in [-0.3, -0.25) is 23.5 Å². The zero-order chi connectivity index (χ0) is 32.3. The predicted octanol–water partition coefficient (Wildman–Crippen LogP) is 3.20. The standard InChI is InChI=1S/C31H41N7O6/c1-19(2)13-15-37-25-26(34-28(37)36-14-9-12-23(17-36)33-29(42)44-31(4,5)6)35(7)30(43)38(27(25)41)18-24(40)21-10-8-11-22(16-21)32-20(3)39/h8,10-11,13,16,23H,9,12,14-15,17-18H2,1-7H3,(H,32,39)(H,33,42). The number of anilines is 2. The van der Waals surface area contributed by atoms with E-state index in [0.717, 1.165) is 23.0 Å². The Balaban J connectivity index is 1.74. The van der Waals surface area contributed by atoms with E-state index in [1.165, 1.54) is 24.6 Å². The number of carbonyl (C=O) groups is 3. The van der Waals surface area contributed by atoms with Crippen molar-refractivity contribution in [3.8, 4) is 0 Å². The summed E-state index contributed by atoms with van der Waals surface area (Å²) in [7, 11) is 1.52. The molecule has 1 saturated heterocycles. The summed E-state index contributed by atoms with van der Waals surface area (Å²) in [6.07, 6.45) is 2.97. The van der Waals surface area contributed by atoms with Crippen molar-refractivity contribution in [1.29, 1.82) is 0 Å². The number of ether oxygens (including phenoxy) is 1. The Kier molecular flexibility index (Phi) is 9.45. The number of nitrogens with one attached hydrogen (secondary N) is 2. The van der Waals surface area contributed by atoms with E-state index in [4.69, 9.17) is 9.72 Å². The molecule has 3 heterocycles. The van der Waals surface area contributed by atoms with Crippen LogP contribution in [0.1, 0.15) is 64.7 Å². The van der Waals surface area contributed by atoms with Crippen molar-refractivity contribution in [2.24, 2.45) is 7.05 Å². The van der Waals surface area contributed by atoms with E-state index >= 15 is 0 Å². The van der Waals surface area contributed by atoms with Gasteiger partial charge in [0.15, 0.2) is 16.9 Å². The number of nitrogens with zero attached hydrogens (tertiary/aromatic N) is 5. The van der Waals surface area contributed by atoms with Crippen LogP contribution in [0.4, 0.5) is 16.4 Å². The minimum atomic E-state index is -0.671. The molecule has 0 bridgehead atoms. The molecule has 236 valence electrons. The molecule has 13 nitrogen and oxygen atoms in total. The van der Waals surface area contributed by atoms with Crippen molar-refractivity contribution in [2.75, 3.05) is 23.3 Å². The minimum absolute atomic E-state index is 0.196. The lowest BCUT2D eigenvalue weighted by Gasteiger charge is -2.34. The number of fused-ring (bicyclic) bond motifs is 1. The number of hydrogen-bond acceptors (Lipinski definition) is 8. The summed E-state index contributed by atoms with van der Waals surface area (Å²) in [6.45, 7) is 11.6. The monoisotopic (exact) mass is 607 g/mol. The van der Waals surface area contributed by atoms with Gasteiger partial charge in [-0.2, -0.15) is 4.98 Å². The second-order valence-electron chi connectivity index (χ2n) is 12.3. The molecule has 1 aliphatic rings. The van der Waals surface area contributed by atoms with Gasteiger partial charge in [0.1, 0.15) is 5.60 Å². The number of hydrogen-bond donors (Lipinski definition) is 2. The van der Waals surface area contributed by atoms with Crippen LogP contribution in [0.3, 0.4) is 0 Å². The molecule has 1 aromatic carbocycles. The lowest BCUT2D eigenvalue weighted by Crippen LogP contribution is -2.49. The lowest BCUT2D eigenvalue weighted by atomic mass is 10.1. The quantitative estimate of drug-likeness (QED) is 0.293. The van der Waals surface area contributed by atoms with Crippen molar-refractivity contribution < 1.29 is 19.1 Å². The maximum absolute atomic E-state index is 14.0. The number of Topliss-reactive ketones (excluding diaryl/α,β-unsaturated/α-hetero) is 1. The van der Waals surface area contributed by atoms with Crippen LogP contribution in [0.25, 0.3) is 11.2 Å². The Morgan fingerprint density at radius 3 is 2.50 bits per heavy atom. The first-order chi connectivity index (χ1) is 20.6. The van der Waals surface area contributed by atoms with Crippen LogP contribution in [0.15, 0.2) is 45.5 Å². The van der Waals surface area contributed by atoms with E-state index in [9.17, 15) is 24.0 Å². The van der Waals surface area contributed by atoms with Gasteiger partial charge in [0.25, 0.3) is 5.56 Å². The summed E-state index contributed by atoms with van der Waals surface area (Å²) >= 11 is 0. The van der Waals surface area contributed by atoms with E-state index in [0.29, 0.717) is 31.3 Å². The molecular weight excluding hydrogens is 566 g/mol. The lowest BCUT2D eigenvalue weighted by molar-refractivity contribution is -0.114. The van der Waals surface area contributed by atoms with Crippen LogP contribution in [0.2, 0.25) is 0 Å². The van der Waals surface area contributed by atoms with Crippen LogP contribution in [0.5, 0.6) is 0 Å². The number of amides is 2. The van der Waals surface area contributed by atoms with Crippen molar-refractivity contribution in [3.63, 3.8) is 0 Å². The maximum atomic E-state index is 14.0. The van der Waals surface area contributed by atoms with Gasteiger partial charge in [-0.15, -0.1) is 0 Å². The zero-order valence-corrected chi connectivity index (χ0v) is 26.4. The van der Waals surface area contributed by atoms with Gasteiger partial charge in [-0.25, -0.2) is 9.59 Å². The number of alkyl carbamates (subject to hydrolysis) is 1. The molecule has 0 spiro atoms. The molecule has 44 heavy (non-hydrogen) atoms. The number of rotatable bonds is 8. The SMILES string of the molecule is CC(=O)Nc1cccc(C(=O)Cn2c(=O)c3c(nc(N4CCCC(NC(=O)OC(C)(C)C)C4)n3CC=C(C)C)n(C)c2=O)c1. The van der Waals surface area contributed by atoms with Crippen molar-refractivity contribution in [2.45, 2.75) is 79.1 Å². The summed E-state index contributed by atoms with van der Waals surface area (Å²) < 4.78 is 9.40. The maximum Gasteiger partial charge on any atom is 0.407 e. The zero-order valence-electron chi connectivity index (χ0n) is 26.4. The molecule has 1 unspecified atom stereocenters. The van der Waals surface area contributed by atoms with Gasteiger partial charge in [0, 0.05) is 50.9 Å². The number of aromatic nitrogens is 4. The van der Waals surface area contributed by atoms with E-state index < -0.39 is 35.3 Å². The Morgan fingerprint density at radius 2 is 1.84 bits per heavy atom. The predicted molar refractivity (Wildman–Crippen MR) is 168 cm³/mol. The summed E-state index contributed by atoms with van der Waals surface area (Å²) in [4.78, 5) is 71.3. The largest absolute Gasteiger partial charge is 0.444 e. The van der Waals surface area contributed by atoms with Crippen LogP contribution < -0.4 is 26.8 Å². The average Bonchev–Trinajstić information content (AvgIpc) is 3.31. The molecule has 0 radical (unpaired) electrons. The van der Waals surface area contributed by atoms with Gasteiger partial charge in [-0.05, 0) is 59.6 Å². The number of piperidine rings is 1. The molecule has 0 aliphatic carbocycles. The molecule has 0 saturated carbocycles. The highest BCUT2D eigenvalue weighted by molar-refractivity contribution is 5.98. The average molecular weight is 608 g/mol. The summed E-state index contributed by atoms with van der Waals surface area (Å²) in [5, 5.41) is 5.57. The number of carbonyl (C=O) groups excluding carboxylic acids is 3. The summed E-state index contributed by atoms with van der Waals surface area (Å²) in [6, 6.07) is 6.13. The molecule has 2 amide bonds. The van der Waals surface area contributed by atoms with Crippen LogP contribution >= 0.6 is 0 Å².